The van der Waals surface area contributed by atoms with Gasteiger partial charge in [-0.1, -0.05) is 23.7 Å². The Morgan fingerprint density at radius 2 is 1.90 bits per heavy atom. The van der Waals surface area contributed by atoms with Crippen LogP contribution in [0.2, 0.25) is 5.02 Å². The van der Waals surface area contributed by atoms with E-state index >= 15 is 0 Å². The van der Waals surface area contributed by atoms with E-state index < -0.39 is 9.84 Å². The highest BCUT2D eigenvalue weighted by atomic mass is 35.5. The first-order valence-electron chi connectivity index (χ1n) is 9.27. The van der Waals surface area contributed by atoms with Crippen LogP contribution in [-0.4, -0.2) is 31.4 Å². The molecule has 2 heterocycles. The third-order valence-electron chi connectivity index (χ3n) is 4.77. The Balaban J connectivity index is 1.49. The van der Waals surface area contributed by atoms with Crippen LogP contribution in [0, 0.1) is 0 Å². The first-order valence-corrected chi connectivity index (χ1v) is 11.1. The summed E-state index contributed by atoms with van der Waals surface area (Å²) in [5, 5.41) is 3.96. The van der Waals surface area contributed by atoms with E-state index in [0.29, 0.717) is 10.7 Å². The quantitative estimate of drug-likeness (QED) is 0.457. The summed E-state index contributed by atoms with van der Waals surface area (Å²) >= 11 is 5.97. The summed E-state index contributed by atoms with van der Waals surface area (Å²) in [4.78, 5) is 19.6. The Hall–Kier alpha value is -3.36. The second-order valence-electron chi connectivity index (χ2n) is 6.77. The van der Waals surface area contributed by atoms with Gasteiger partial charge in [0.05, 0.1) is 12.0 Å². The predicted molar refractivity (Wildman–Crippen MR) is 117 cm³/mol. The highest BCUT2D eigenvalue weighted by Crippen LogP contribution is 2.31. The number of fused-ring (bicyclic) bond motifs is 1. The number of halogens is 1. The average molecular weight is 456 g/mol. The van der Waals surface area contributed by atoms with Crippen LogP contribution in [0.1, 0.15) is 16.1 Å². The van der Waals surface area contributed by atoms with E-state index in [9.17, 15) is 13.2 Å². The van der Waals surface area contributed by atoms with Crippen molar-refractivity contribution in [3.05, 3.63) is 83.3 Å². The lowest BCUT2D eigenvalue weighted by atomic mass is 10.2. The summed E-state index contributed by atoms with van der Waals surface area (Å²) in [6, 6.07) is 14.2. The monoisotopic (exact) mass is 455 g/mol. The zero-order valence-corrected chi connectivity index (χ0v) is 18.0. The van der Waals surface area contributed by atoms with Gasteiger partial charge in [-0.15, -0.1) is 0 Å². The number of ether oxygens (including phenoxy) is 1. The molecule has 1 amide bonds. The van der Waals surface area contributed by atoms with Crippen LogP contribution >= 0.6 is 11.6 Å². The molecule has 7 nitrogen and oxygen atoms in total. The Kier molecular flexibility index (Phi) is 5.67. The van der Waals surface area contributed by atoms with Gasteiger partial charge in [0.1, 0.15) is 16.3 Å². The normalized spacial score (nSPS) is 11.4. The molecule has 31 heavy (non-hydrogen) atoms. The van der Waals surface area contributed by atoms with E-state index in [2.05, 4.69) is 15.3 Å². The van der Waals surface area contributed by atoms with Crippen molar-refractivity contribution < 1.29 is 17.9 Å². The lowest BCUT2D eigenvalue weighted by molar-refractivity contribution is 0.0946. The van der Waals surface area contributed by atoms with E-state index in [1.165, 1.54) is 31.4 Å². The molecule has 0 bridgehead atoms. The SMILES string of the molecule is COc1ccc(Cl)cc1S(=O)(=O)c1ccc(CNC(=O)c2cc3cnccc3[nH]2)cc1. The van der Waals surface area contributed by atoms with Gasteiger partial charge in [0.2, 0.25) is 9.84 Å². The second-order valence-corrected chi connectivity index (χ2v) is 9.13. The van der Waals surface area contributed by atoms with E-state index in [1.807, 2.05) is 0 Å². The molecular weight excluding hydrogens is 438 g/mol. The number of hydrogen-bond acceptors (Lipinski definition) is 5. The molecule has 158 valence electrons. The van der Waals surface area contributed by atoms with Crippen LogP contribution in [-0.2, 0) is 16.4 Å². The van der Waals surface area contributed by atoms with E-state index in [1.54, 1.807) is 42.7 Å². The number of nitrogens with zero attached hydrogens (tertiary/aromatic N) is 1. The third-order valence-corrected chi connectivity index (χ3v) is 6.79. The zero-order chi connectivity index (χ0) is 22.0. The number of H-pyrrole nitrogens is 1. The number of rotatable bonds is 6. The maximum Gasteiger partial charge on any atom is 0.267 e. The van der Waals surface area contributed by atoms with Crippen molar-refractivity contribution in [2.24, 2.45) is 0 Å². The van der Waals surface area contributed by atoms with Crippen LogP contribution in [0.15, 0.2) is 76.8 Å². The van der Waals surface area contributed by atoms with Gasteiger partial charge in [-0.3, -0.25) is 9.78 Å². The van der Waals surface area contributed by atoms with E-state index in [0.717, 1.165) is 16.5 Å². The first kappa shape index (κ1) is 20.9. The maximum atomic E-state index is 13.0. The molecule has 2 N–H and O–H groups in total. The number of benzene rings is 2. The Morgan fingerprint density at radius 3 is 2.61 bits per heavy atom. The first-order chi connectivity index (χ1) is 14.9. The molecule has 0 spiro atoms. The summed E-state index contributed by atoms with van der Waals surface area (Å²) in [5.74, 6) is -0.0502. The van der Waals surface area contributed by atoms with E-state index in [4.69, 9.17) is 16.3 Å². The maximum absolute atomic E-state index is 13.0. The second kappa shape index (κ2) is 8.41. The van der Waals surface area contributed by atoms with Crippen molar-refractivity contribution in [3.8, 4) is 5.75 Å². The van der Waals surface area contributed by atoms with Crippen molar-refractivity contribution in [2.45, 2.75) is 16.3 Å². The largest absolute Gasteiger partial charge is 0.495 e. The van der Waals surface area contributed by atoms with Gasteiger partial charge in [0.25, 0.3) is 5.91 Å². The lowest BCUT2D eigenvalue weighted by Crippen LogP contribution is -2.23. The molecule has 9 heteroatoms. The molecule has 0 atom stereocenters. The Bertz CT molecular complexity index is 1330. The van der Waals surface area contributed by atoms with Crippen LogP contribution < -0.4 is 10.1 Å². The summed E-state index contributed by atoms with van der Waals surface area (Å²) in [6.45, 7) is 0.243. The molecule has 0 radical (unpaired) electrons. The minimum Gasteiger partial charge on any atom is -0.495 e. The van der Waals surface area contributed by atoms with Gasteiger partial charge in [-0.25, -0.2) is 8.42 Å². The number of aromatic nitrogens is 2. The summed E-state index contributed by atoms with van der Waals surface area (Å²) in [5.41, 5.74) is 2.00. The smallest absolute Gasteiger partial charge is 0.267 e. The fourth-order valence-corrected chi connectivity index (χ4v) is 4.83. The van der Waals surface area contributed by atoms with Crippen LogP contribution in [0.5, 0.6) is 5.75 Å². The fourth-order valence-electron chi connectivity index (χ4n) is 3.15. The van der Waals surface area contributed by atoms with Crippen LogP contribution in [0.3, 0.4) is 0 Å². The topological polar surface area (TPSA) is 101 Å². The molecule has 4 aromatic rings. The van der Waals surface area contributed by atoms with Gasteiger partial charge in [0, 0.05) is 34.9 Å². The molecule has 0 aliphatic carbocycles. The van der Waals surface area contributed by atoms with Crippen LogP contribution in [0.4, 0.5) is 0 Å². The number of carbonyl (C=O) groups is 1. The highest BCUT2D eigenvalue weighted by molar-refractivity contribution is 7.91. The molecule has 0 saturated heterocycles. The minimum atomic E-state index is -3.82. The minimum absolute atomic E-state index is 0.00291. The van der Waals surface area contributed by atoms with Crippen molar-refractivity contribution in [1.82, 2.24) is 15.3 Å². The van der Waals surface area contributed by atoms with Crippen molar-refractivity contribution in [2.75, 3.05) is 7.11 Å². The molecular formula is C22H18ClN3O4S. The van der Waals surface area contributed by atoms with Crippen molar-refractivity contribution in [1.29, 1.82) is 0 Å². The molecule has 0 aliphatic rings. The molecule has 0 aliphatic heterocycles. The number of amides is 1. The number of methoxy groups -OCH3 is 1. The number of nitrogens with one attached hydrogen (secondary N) is 2. The standard InChI is InChI=1S/C22H18ClN3O4S/c1-30-20-7-4-16(23)11-21(20)31(28,29)17-5-2-14(3-6-17)12-25-22(27)19-10-15-13-24-9-8-18(15)26-19/h2-11,13,26H,12H2,1H3,(H,25,27). The fraction of sp³-hybridized carbons (Fsp3) is 0.0909. The van der Waals surface area contributed by atoms with Gasteiger partial charge >= 0.3 is 0 Å². The highest BCUT2D eigenvalue weighted by Gasteiger charge is 2.22. The van der Waals surface area contributed by atoms with Gasteiger partial charge in [0.15, 0.2) is 0 Å². The van der Waals surface area contributed by atoms with Gasteiger partial charge < -0.3 is 15.0 Å². The number of pyridine rings is 1. The Morgan fingerprint density at radius 1 is 1.13 bits per heavy atom. The number of carbonyl (C=O) groups excluding carboxylic acids is 1. The summed E-state index contributed by atoms with van der Waals surface area (Å²) in [6.07, 6.45) is 3.33. The Labute approximate surface area is 184 Å². The lowest BCUT2D eigenvalue weighted by Gasteiger charge is -2.11. The summed E-state index contributed by atoms with van der Waals surface area (Å²) < 4.78 is 31.2. The third kappa shape index (κ3) is 4.26. The summed E-state index contributed by atoms with van der Waals surface area (Å²) in [7, 11) is -2.42. The zero-order valence-electron chi connectivity index (χ0n) is 16.4. The van der Waals surface area contributed by atoms with Crippen molar-refractivity contribution in [3.63, 3.8) is 0 Å². The van der Waals surface area contributed by atoms with Crippen LogP contribution in [0.25, 0.3) is 10.9 Å². The number of hydrogen-bond donors (Lipinski definition) is 2. The molecule has 0 saturated carbocycles. The molecule has 0 fully saturated rings. The van der Waals surface area contributed by atoms with E-state index in [-0.39, 0.29) is 28.0 Å². The molecule has 2 aromatic heterocycles. The van der Waals surface area contributed by atoms with Gasteiger partial charge in [-0.2, -0.15) is 0 Å². The number of sulfone groups is 1. The molecule has 4 rings (SSSR count). The molecule has 0 unspecified atom stereocenters. The van der Waals surface area contributed by atoms with Crippen molar-refractivity contribution >= 4 is 38.2 Å². The average Bonchev–Trinajstić information content (AvgIpc) is 3.22. The predicted octanol–water partition coefficient (Wildman–Crippen LogP) is 3.99. The molecule has 2 aromatic carbocycles. The van der Waals surface area contributed by atoms with Gasteiger partial charge in [-0.05, 0) is 48.0 Å². The number of aromatic amines is 1.